The Morgan fingerprint density at radius 3 is 2.76 bits per heavy atom. The molecule has 0 radical (unpaired) electrons. The summed E-state index contributed by atoms with van der Waals surface area (Å²) in [6.07, 6.45) is 6.97. The van der Waals surface area contributed by atoms with E-state index in [-0.39, 0.29) is 6.42 Å². The SMILES string of the molecule is CCCC(c1ccccc1)N1CCCCC1CCC(=O)O. The first-order valence-corrected chi connectivity index (χ1v) is 8.25. The summed E-state index contributed by atoms with van der Waals surface area (Å²) in [6.45, 7) is 3.33. The van der Waals surface area contributed by atoms with Crippen molar-refractivity contribution in [2.45, 2.75) is 64.0 Å². The smallest absolute Gasteiger partial charge is 0.303 e. The zero-order chi connectivity index (χ0) is 15.1. The molecular formula is C18H27NO2. The number of hydrogen-bond donors (Lipinski definition) is 1. The predicted octanol–water partition coefficient (Wildman–Crippen LogP) is 4.25. The van der Waals surface area contributed by atoms with Gasteiger partial charge in [-0.1, -0.05) is 50.1 Å². The van der Waals surface area contributed by atoms with Gasteiger partial charge in [-0.05, 0) is 37.8 Å². The first-order chi connectivity index (χ1) is 10.2. The normalized spacial score (nSPS) is 21.1. The van der Waals surface area contributed by atoms with Crippen LogP contribution >= 0.6 is 0 Å². The molecule has 0 aliphatic carbocycles. The van der Waals surface area contributed by atoms with Crippen molar-refractivity contribution in [1.29, 1.82) is 0 Å². The van der Waals surface area contributed by atoms with E-state index in [0.717, 1.165) is 32.2 Å². The van der Waals surface area contributed by atoms with Gasteiger partial charge in [0.15, 0.2) is 0 Å². The standard InChI is InChI=1S/C18H27NO2/c1-2-8-17(15-9-4-3-5-10-15)19-14-7-6-11-16(19)12-13-18(20)21/h3-5,9-10,16-17H,2,6-8,11-14H2,1H3,(H,20,21). The van der Waals surface area contributed by atoms with Crippen LogP contribution in [0.25, 0.3) is 0 Å². The minimum Gasteiger partial charge on any atom is -0.481 e. The van der Waals surface area contributed by atoms with Gasteiger partial charge < -0.3 is 5.11 Å². The molecule has 1 heterocycles. The van der Waals surface area contributed by atoms with Gasteiger partial charge >= 0.3 is 5.97 Å². The van der Waals surface area contributed by atoms with Gasteiger partial charge in [0.1, 0.15) is 0 Å². The zero-order valence-electron chi connectivity index (χ0n) is 13.0. The fraction of sp³-hybridized carbons (Fsp3) is 0.611. The molecule has 116 valence electrons. The van der Waals surface area contributed by atoms with E-state index >= 15 is 0 Å². The Hall–Kier alpha value is -1.35. The summed E-state index contributed by atoms with van der Waals surface area (Å²) in [5, 5.41) is 8.97. The first-order valence-electron chi connectivity index (χ1n) is 8.25. The lowest BCUT2D eigenvalue weighted by atomic mass is 9.91. The maximum atomic E-state index is 10.9. The van der Waals surface area contributed by atoms with E-state index in [0.29, 0.717) is 12.1 Å². The molecule has 1 aromatic carbocycles. The van der Waals surface area contributed by atoms with Crippen molar-refractivity contribution >= 4 is 5.97 Å². The van der Waals surface area contributed by atoms with E-state index in [1.807, 2.05) is 0 Å². The van der Waals surface area contributed by atoms with Gasteiger partial charge in [-0.15, -0.1) is 0 Å². The molecule has 0 aromatic heterocycles. The average Bonchev–Trinajstić information content (AvgIpc) is 2.52. The third-order valence-electron chi connectivity index (χ3n) is 4.51. The second-order valence-corrected chi connectivity index (χ2v) is 6.04. The fourth-order valence-electron chi connectivity index (χ4n) is 3.51. The minimum atomic E-state index is -0.674. The van der Waals surface area contributed by atoms with Crippen LogP contribution in [0, 0.1) is 0 Å². The van der Waals surface area contributed by atoms with Gasteiger partial charge in [0.2, 0.25) is 0 Å². The molecule has 0 saturated carbocycles. The summed E-state index contributed by atoms with van der Waals surface area (Å²) in [6, 6.07) is 11.6. The predicted molar refractivity (Wildman–Crippen MR) is 85.3 cm³/mol. The average molecular weight is 289 g/mol. The number of likely N-dealkylation sites (tertiary alicyclic amines) is 1. The van der Waals surface area contributed by atoms with Crippen molar-refractivity contribution in [3.8, 4) is 0 Å². The number of piperidine rings is 1. The molecule has 3 nitrogen and oxygen atoms in total. The van der Waals surface area contributed by atoms with Crippen LogP contribution in [-0.4, -0.2) is 28.6 Å². The van der Waals surface area contributed by atoms with Crippen LogP contribution in [0.1, 0.15) is 63.5 Å². The van der Waals surface area contributed by atoms with Gasteiger partial charge in [-0.3, -0.25) is 9.69 Å². The molecule has 1 saturated heterocycles. The van der Waals surface area contributed by atoms with Crippen LogP contribution in [0.4, 0.5) is 0 Å². The molecule has 2 unspecified atom stereocenters. The van der Waals surface area contributed by atoms with Crippen molar-refractivity contribution < 1.29 is 9.90 Å². The highest BCUT2D eigenvalue weighted by molar-refractivity contribution is 5.66. The van der Waals surface area contributed by atoms with Crippen LogP contribution < -0.4 is 0 Å². The van der Waals surface area contributed by atoms with Gasteiger partial charge in [0, 0.05) is 18.5 Å². The topological polar surface area (TPSA) is 40.5 Å². The van der Waals surface area contributed by atoms with E-state index in [1.54, 1.807) is 0 Å². The maximum absolute atomic E-state index is 10.9. The van der Waals surface area contributed by atoms with E-state index < -0.39 is 5.97 Å². The molecule has 21 heavy (non-hydrogen) atoms. The molecular weight excluding hydrogens is 262 g/mol. The Morgan fingerprint density at radius 2 is 2.10 bits per heavy atom. The monoisotopic (exact) mass is 289 g/mol. The van der Waals surface area contributed by atoms with Crippen LogP contribution in [0.2, 0.25) is 0 Å². The van der Waals surface area contributed by atoms with Crippen LogP contribution in [0.3, 0.4) is 0 Å². The maximum Gasteiger partial charge on any atom is 0.303 e. The van der Waals surface area contributed by atoms with Gasteiger partial charge in [0.25, 0.3) is 0 Å². The molecule has 1 aliphatic heterocycles. The highest BCUT2D eigenvalue weighted by Crippen LogP contribution is 2.33. The summed E-state index contributed by atoms with van der Waals surface area (Å²) in [5.41, 5.74) is 1.38. The molecule has 0 bridgehead atoms. The van der Waals surface area contributed by atoms with E-state index in [4.69, 9.17) is 5.11 Å². The van der Waals surface area contributed by atoms with Crippen LogP contribution in [0.5, 0.6) is 0 Å². The Balaban J connectivity index is 2.13. The second kappa shape index (κ2) is 8.18. The fourth-order valence-corrected chi connectivity index (χ4v) is 3.51. The molecule has 0 amide bonds. The van der Waals surface area contributed by atoms with Crippen molar-refractivity contribution in [1.82, 2.24) is 4.90 Å². The zero-order valence-corrected chi connectivity index (χ0v) is 13.0. The Kier molecular flexibility index (Phi) is 6.24. The Labute approximate surface area is 128 Å². The van der Waals surface area contributed by atoms with Gasteiger partial charge in [-0.2, -0.15) is 0 Å². The van der Waals surface area contributed by atoms with E-state index in [9.17, 15) is 4.79 Å². The number of carboxylic acids is 1. The number of carboxylic acid groups (broad SMARTS) is 1. The van der Waals surface area contributed by atoms with Crippen LogP contribution in [0.15, 0.2) is 30.3 Å². The van der Waals surface area contributed by atoms with Crippen molar-refractivity contribution in [3.05, 3.63) is 35.9 Å². The first kappa shape index (κ1) is 16.0. The molecule has 1 fully saturated rings. The van der Waals surface area contributed by atoms with Crippen molar-refractivity contribution in [2.24, 2.45) is 0 Å². The molecule has 1 aliphatic rings. The molecule has 1 N–H and O–H groups in total. The summed E-state index contributed by atoms with van der Waals surface area (Å²) >= 11 is 0. The summed E-state index contributed by atoms with van der Waals surface area (Å²) in [4.78, 5) is 13.5. The number of carbonyl (C=O) groups is 1. The number of hydrogen-bond acceptors (Lipinski definition) is 2. The number of nitrogens with zero attached hydrogens (tertiary/aromatic N) is 1. The molecule has 1 aromatic rings. The number of aliphatic carboxylic acids is 1. The third-order valence-corrected chi connectivity index (χ3v) is 4.51. The quantitative estimate of drug-likeness (QED) is 0.816. The largest absolute Gasteiger partial charge is 0.481 e. The molecule has 2 rings (SSSR count). The van der Waals surface area contributed by atoms with E-state index in [2.05, 4.69) is 42.2 Å². The third kappa shape index (κ3) is 4.57. The lowest BCUT2D eigenvalue weighted by Crippen LogP contribution is -2.42. The number of rotatable bonds is 7. The summed E-state index contributed by atoms with van der Waals surface area (Å²) in [7, 11) is 0. The van der Waals surface area contributed by atoms with Crippen LogP contribution in [-0.2, 0) is 4.79 Å². The van der Waals surface area contributed by atoms with Crippen molar-refractivity contribution in [3.63, 3.8) is 0 Å². The second-order valence-electron chi connectivity index (χ2n) is 6.04. The lowest BCUT2D eigenvalue weighted by Gasteiger charge is -2.41. The highest BCUT2D eigenvalue weighted by atomic mass is 16.4. The van der Waals surface area contributed by atoms with Gasteiger partial charge in [0.05, 0.1) is 0 Å². The lowest BCUT2D eigenvalue weighted by molar-refractivity contribution is -0.137. The molecule has 3 heteroatoms. The minimum absolute atomic E-state index is 0.287. The Bertz CT molecular complexity index is 432. The molecule has 0 spiro atoms. The van der Waals surface area contributed by atoms with Gasteiger partial charge in [-0.25, -0.2) is 0 Å². The molecule has 2 atom stereocenters. The summed E-state index contributed by atoms with van der Waals surface area (Å²) < 4.78 is 0. The van der Waals surface area contributed by atoms with Crippen molar-refractivity contribution in [2.75, 3.05) is 6.54 Å². The number of benzene rings is 1. The Morgan fingerprint density at radius 1 is 1.33 bits per heavy atom. The highest BCUT2D eigenvalue weighted by Gasteiger charge is 2.29. The summed E-state index contributed by atoms with van der Waals surface area (Å²) in [5.74, 6) is -0.674. The van der Waals surface area contributed by atoms with E-state index in [1.165, 1.54) is 18.4 Å².